The average Bonchev–Trinajstić information content (AvgIpc) is 2.41. The maximum absolute atomic E-state index is 10.6. The third kappa shape index (κ3) is 4.58. The summed E-state index contributed by atoms with van der Waals surface area (Å²) in [6.07, 6.45) is 10.0. The quantitative estimate of drug-likeness (QED) is 0.800. The van der Waals surface area contributed by atoms with Gasteiger partial charge in [-0.15, -0.1) is 0 Å². The Hall–Kier alpha value is -2.10. The zero-order valence-electron chi connectivity index (χ0n) is 10.9. The molecule has 0 bridgehead atoms. The number of benzene rings is 1. The van der Waals surface area contributed by atoms with Crippen molar-refractivity contribution >= 4 is 11.9 Å². The van der Waals surface area contributed by atoms with E-state index in [2.05, 4.69) is 12.2 Å². The molecular weight excluding hydrogens is 244 g/mol. The molecule has 0 saturated carbocycles. The van der Waals surface area contributed by atoms with Crippen molar-refractivity contribution in [3.05, 3.63) is 47.0 Å². The van der Waals surface area contributed by atoms with Gasteiger partial charge < -0.3 is 10.2 Å². The molecule has 0 heterocycles. The molecule has 19 heavy (non-hydrogen) atoms. The molecule has 2 rings (SSSR count). The van der Waals surface area contributed by atoms with Gasteiger partial charge in [0.1, 0.15) is 0 Å². The number of allylic oxidation sites excluding steroid dienone is 2. The van der Waals surface area contributed by atoms with Gasteiger partial charge in [0.25, 0.3) is 0 Å². The van der Waals surface area contributed by atoms with Crippen LogP contribution in [-0.2, 0) is 0 Å². The molecule has 0 atom stereocenters. The predicted molar refractivity (Wildman–Crippen MR) is 72.7 cm³/mol. The van der Waals surface area contributed by atoms with E-state index in [4.69, 9.17) is 10.2 Å². The molecule has 4 nitrogen and oxygen atoms in total. The third-order valence-corrected chi connectivity index (χ3v) is 2.95. The van der Waals surface area contributed by atoms with Crippen LogP contribution in [0.15, 0.2) is 30.4 Å². The SMILES string of the molecule is C1=CCCCC1.Cc1c(C(=O)O)cccc1C(=O)O. The molecule has 0 aliphatic heterocycles. The van der Waals surface area contributed by atoms with E-state index < -0.39 is 11.9 Å². The van der Waals surface area contributed by atoms with Gasteiger partial charge in [0, 0.05) is 0 Å². The first kappa shape index (κ1) is 15.0. The summed E-state index contributed by atoms with van der Waals surface area (Å²) in [4.78, 5) is 21.2. The van der Waals surface area contributed by atoms with Gasteiger partial charge in [-0.3, -0.25) is 0 Å². The van der Waals surface area contributed by atoms with E-state index in [1.807, 2.05) is 0 Å². The van der Waals surface area contributed by atoms with Gasteiger partial charge in [-0.2, -0.15) is 0 Å². The van der Waals surface area contributed by atoms with Gasteiger partial charge in [-0.05, 0) is 50.3 Å². The Morgan fingerprint density at radius 3 is 1.63 bits per heavy atom. The second-order valence-corrected chi connectivity index (χ2v) is 4.34. The van der Waals surface area contributed by atoms with Crippen LogP contribution < -0.4 is 0 Å². The van der Waals surface area contributed by atoms with Crippen LogP contribution in [0.1, 0.15) is 52.0 Å². The smallest absolute Gasteiger partial charge is 0.335 e. The first-order chi connectivity index (χ1) is 9.04. The van der Waals surface area contributed by atoms with Crippen molar-refractivity contribution in [2.75, 3.05) is 0 Å². The van der Waals surface area contributed by atoms with E-state index in [1.165, 1.54) is 50.8 Å². The summed E-state index contributed by atoms with van der Waals surface area (Å²) in [6, 6.07) is 4.17. The van der Waals surface area contributed by atoms with Gasteiger partial charge in [0.15, 0.2) is 0 Å². The second kappa shape index (κ2) is 7.36. The van der Waals surface area contributed by atoms with Crippen LogP contribution in [0.5, 0.6) is 0 Å². The van der Waals surface area contributed by atoms with Crippen molar-refractivity contribution in [3.8, 4) is 0 Å². The van der Waals surface area contributed by atoms with Crippen LogP contribution >= 0.6 is 0 Å². The molecule has 1 aliphatic rings. The summed E-state index contributed by atoms with van der Waals surface area (Å²) in [6.45, 7) is 1.48. The highest BCUT2D eigenvalue weighted by Gasteiger charge is 2.13. The van der Waals surface area contributed by atoms with Crippen LogP contribution in [0.2, 0.25) is 0 Å². The summed E-state index contributed by atoms with van der Waals surface area (Å²) < 4.78 is 0. The number of aromatic carboxylic acids is 2. The van der Waals surface area contributed by atoms with Crippen LogP contribution in [0.3, 0.4) is 0 Å². The minimum Gasteiger partial charge on any atom is -0.478 e. The van der Waals surface area contributed by atoms with Gasteiger partial charge in [0.2, 0.25) is 0 Å². The van der Waals surface area contributed by atoms with E-state index in [9.17, 15) is 9.59 Å². The summed E-state index contributed by atoms with van der Waals surface area (Å²) in [5, 5.41) is 17.4. The van der Waals surface area contributed by atoms with Crippen molar-refractivity contribution in [2.45, 2.75) is 32.6 Å². The highest BCUT2D eigenvalue weighted by Crippen LogP contribution is 2.13. The molecule has 1 aromatic carbocycles. The van der Waals surface area contributed by atoms with Crippen molar-refractivity contribution in [1.29, 1.82) is 0 Å². The van der Waals surface area contributed by atoms with Crippen LogP contribution in [0, 0.1) is 6.92 Å². The van der Waals surface area contributed by atoms with Crippen molar-refractivity contribution in [3.63, 3.8) is 0 Å². The number of hydrogen-bond donors (Lipinski definition) is 2. The fourth-order valence-electron chi connectivity index (χ4n) is 1.86. The van der Waals surface area contributed by atoms with Gasteiger partial charge in [0.05, 0.1) is 11.1 Å². The number of carboxylic acid groups (broad SMARTS) is 2. The molecule has 0 unspecified atom stereocenters. The average molecular weight is 262 g/mol. The molecule has 1 aromatic rings. The molecule has 4 heteroatoms. The molecule has 0 radical (unpaired) electrons. The standard InChI is InChI=1S/C9H8O4.C6H10/c1-5-6(8(10)11)3-2-4-7(5)9(12)13;1-2-4-6-5-3-1/h2-4H,1H3,(H,10,11)(H,12,13);1-2H,3-6H2. The Labute approximate surface area is 112 Å². The number of carboxylic acids is 2. The topological polar surface area (TPSA) is 74.6 Å². The van der Waals surface area contributed by atoms with Crippen LogP contribution in [0.4, 0.5) is 0 Å². The fraction of sp³-hybridized carbons (Fsp3) is 0.333. The summed E-state index contributed by atoms with van der Waals surface area (Å²) in [5.41, 5.74) is 0.335. The molecule has 0 amide bonds. The van der Waals surface area contributed by atoms with Gasteiger partial charge in [-0.1, -0.05) is 18.2 Å². The van der Waals surface area contributed by atoms with E-state index >= 15 is 0 Å². The van der Waals surface area contributed by atoms with E-state index in [0.29, 0.717) is 0 Å². The molecule has 1 aliphatic carbocycles. The Kier molecular flexibility index (Phi) is 5.79. The van der Waals surface area contributed by atoms with Crippen molar-refractivity contribution in [2.24, 2.45) is 0 Å². The zero-order valence-corrected chi connectivity index (χ0v) is 10.9. The summed E-state index contributed by atoms with van der Waals surface area (Å²) >= 11 is 0. The predicted octanol–water partition coefficient (Wildman–Crippen LogP) is 3.51. The number of rotatable bonds is 2. The van der Waals surface area contributed by atoms with Crippen molar-refractivity contribution in [1.82, 2.24) is 0 Å². The van der Waals surface area contributed by atoms with E-state index in [-0.39, 0.29) is 16.7 Å². The molecule has 102 valence electrons. The lowest BCUT2D eigenvalue weighted by Crippen LogP contribution is -2.06. The summed E-state index contributed by atoms with van der Waals surface area (Å²) in [7, 11) is 0. The minimum atomic E-state index is -1.11. The third-order valence-electron chi connectivity index (χ3n) is 2.95. The van der Waals surface area contributed by atoms with Crippen LogP contribution in [-0.4, -0.2) is 22.2 Å². The lowest BCUT2D eigenvalue weighted by molar-refractivity contribution is 0.0696. The van der Waals surface area contributed by atoms with Gasteiger partial charge >= 0.3 is 11.9 Å². The first-order valence-electron chi connectivity index (χ1n) is 6.25. The lowest BCUT2D eigenvalue weighted by Gasteiger charge is -2.03. The van der Waals surface area contributed by atoms with Crippen LogP contribution in [0.25, 0.3) is 0 Å². The van der Waals surface area contributed by atoms with Crippen molar-refractivity contribution < 1.29 is 19.8 Å². The Morgan fingerprint density at radius 1 is 0.947 bits per heavy atom. The second-order valence-electron chi connectivity index (χ2n) is 4.34. The lowest BCUT2D eigenvalue weighted by atomic mass is 10.0. The maximum atomic E-state index is 10.6. The minimum absolute atomic E-state index is 0.0277. The van der Waals surface area contributed by atoms with Gasteiger partial charge in [-0.25, -0.2) is 9.59 Å². The molecule has 0 saturated heterocycles. The maximum Gasteiger partial charge on any atom is 0.335 e. The Morgan fingerprint density at radius 2 is 1.37 bits per heavy atom. The highest BCUT2D eigenvalue weighted by molar-refractivity contribution is 5.96. The zero-order chi connectivity index (χ0) is 14.3. The monoisotopic (exact) mass is 262 g/mol. The normalized spacial score (nSPS) is 13.3. The summed E-state index contributed by atoms with van der Waals surface area (Å²) in [5.74, 6) is -2.22. The van der Waals surface area contributed by atoms with E-state index in [0.717, 1.165) is 0 Å². The Balaban J connectivity index is 0.000000250. The largest absolute Gasteiger partial charge is 0.478 e. The Bertz CT molecular complexity index is 449. The fourth-order valence-corrected chi connectivity index (χ4v) is 1.86. The molecule has 2 N–H and O–H groups in total. The molecular formula is C15H18O4. The number of carbonyl (C=O) groups is 2. The number of hydrogen-bond acceptors (Lipinski definition) is 2. The molecule has 0 spiro atoms. The molecule has 0 fully saturated rings. The highest BCUT2D eigenvalue weighted by atomic mass is 16.4. The first-order valence-corrected chi connectivity index (χ1v) is 6.25. The van der Waals surface area contributed by atoms with E-state index in [1.54, 1.807) is 0 Å². The molecule has 0 aromatic heterocycles.